The molecule has 0 aliphatic rings. The van der Waals surface area contributed by atoms with Crippen LogP contribution in [0.15, 0.2) is 42.0 Å². The Bertz CT molecular complexity index is 508. The van der Waals surface area contributed by atoms with Gasteiger partial charge in [-0.25, -0.2) is 0 Å². The van der Waals surface area contributed by atoms with Crippen LogP contribution in [-0.2, 0) is 15.8 Å². The Kier molecular flexibility index (Phi) is 5.44. The summed E-state index contributed by atoms with van der Waals surface area (Å²) in [5, 5.41) is 8.73. The van der Waals surface area contributed by atoms with E-state index in [1.54, 1.807) is 24.3 Å². The molecule has 0 saturated carbocycles. The van der Waals surface area contributed by atoms with E-state index in [0.29, 0.717) is 5.57 Å². The highest BCUT2D eigenvalue weighted by molar-refractivity contribution is 7.52. The van der Waals surface area contributed by atoms with Crippen LogP contribution >= 0.6 is 7.60 Å². The molecule has 1 aromatic rings. The summed E-state index contributed by atoms with van der Waals surface area (Å²) in [7, 11) is -4.26. The molecule has 1 unspecified atom stereocenters. The van der Waals surface area contributed by atoms with E-state index in [4.69, 9.17) is 20.6 Å². The van der Waals surface area contributed by atoms with Gasteiger partial charge in [-0.2, -0.15) is 0 Å². The number of carboxylic acid groups (broad SMARTS) is 1. The Balaban J connectivity index is 2.93. The second-order valence-electron chi connectivity index (χ2n) is 4.17. The third-order valence-corrected chi connectivity index (χ3v) is 3.20. The first-order valence-electron chi connectivity index (χ1n) is 5.54. The van der Waals surface area contributed by atoms with E-state index in [1.165, 1.54) is 6.08 Å². The topological polar surface area (TPSA) is 121 Å². The zero-order valence-electron chi connectivity index (χ0n) is 10.1. The molecule has 6 nitrogen and oxygen atoms in total. The van der Waals surface area contributed by atoms with Crippen LogP contribution in [0.4, 0.5) is 0 Å². The fourth-order valence-corrected chi connectivity index (χ4v) is 2.36. The van der Waals surface area contributed by atoms with Gasteiger partial charge >= 0.3 is 13.6 Å². The van der Waals surface area contributed by atoms with Crippen molar-refractivity contribution in [2.75, 3.05) is 6.16 Å². The highest BCUT2D eigenvalue weighted by Crippen LogP contribution is 2.37. The van der Waals surface area contributed by atoms with Crippen LogP contribution in [-0.4, -0.2) is 33.1 Å². The molecule has 1 rings (SSSR count). The first-order chi connectivity index (χ1) is 8.78. The molecule has 0 aromatic heterocycles. The quantitative estimate of drug-likeness (QED) is 0.452. The SMILES string of the molecule is NC(/C=C(\Cc1ccccc1)CP(=O)(O)O)C(=O)O. The van der Waals surface area contributed by atoms with Gasteiger partial charge in [0.05, 0.1) is 6.16 Å². The summed E-state index contributed by atoms with van der Waals surface area (Å²) in [6.45, 7) is 0. The molecule has 0 bridgehead atoms. The van der Waals surface area contributed by atoms with E-state index < -0.39 is 25.8 Å². The molecule has 0 fully saturated rings. The molecule has 0 spiro atoms. The fraction of sp³-hybridized carbons (Fsp3) is 0.250. The minimum absolute atomic E-state index is 0.257. The molecule has 1 aromatic carbocycles. The summed E-state index contributed by atoms with van der Waals surface area (Å²) in [4.78, 5) is 28.7. The van der Waals surface area contributed by atoms with Crippen LogP contribution in [0.3, 0.4) is 0 Å². The van der Waals surface area contributed by atoms with Crippen molar-refractivity contribution >= 4 is 13.6 Å². The van der Waals surface area contributed by atoms with Crippen LogP contribution in [0.2, 0.25) is 0 Å². The highest BCUT2D eigenvalue weighted by atomic mass is 31.2. The van der Waals surface area contributed by atoms with Crippen molar-refractivity contribution in [3.8, 4) is 0 Å². The Morgan fingerprint density at radius 1 is 1.32 bits per heavy atom. The van der Waals surface area contributed by atoms with Crippen molar-refractivity contribution in [2.24, 2.45) is 5.73 Å². The number of allylic oxidation sites excluding steroid dienone is 1. The number of rotatable bonds is 6. The average Bonchev–Trinajstić information content (AvgIpc) is 2.27. The maximum Gasteiger partial charge on any atom is 0.329 e. The van der Waals surface area contributed by atoms with E-state index in [1.807, 2.05) is 6.07 Å². The van der Waals surface area contributed by atoms with E-state index in [9.17, 15) is 9.36 Å². The van der Waals surface area contributed by atoms with Crippen LogP contribution < -0.4 is 5.73 Å². The molecule has 5 N–H and O–H groups in total. The first-order valence-corrected chi connectivity index (χ1v) is 7.34. The minimum Gasteiger partial charge on any atom is -0.480 e. The zero-order valence-corrected chi connectivity index (χ0v) is 11.0. The zero-order chi connectivity index (χ0) is 14.5. The van der Waals surface area contributed by atoms with Gasteiger partial charge in [-0.15, -0.1) is 0 Å². The maximum absolute atomic E-state index is 11.0. The molecular formula is C12H16NO5P. The smallest absolute Gasteiger partial charge is 0.329 e. The van der Waals surface area contributed by atoms with Crippen LogP contribution in [0.1, 0.15) is 5.56 Å². The predicted molar refractivity (Wildman–Crippen MR) is 70.8 cm³/mol. The monoisotopic (exact) mass is 285 g/mol. The van der Waals surface area contributed by atoms with Crippen molar-refractivity contribution in [3.05, 3.63) is 47.5 Å². The summed E-state index contributed by atoms with van der Waals surface area (Å²) in [5.41, 5.74) is 6.51. The number of benzene rings is 1. The van der Waals surface area contributed by atoms with Crippen LogP contribution in [0, 0.1) is 0 Å². The van der Waals surface area contributed by atoms with E-state index in [2.05, 4.69) is 0 Å². The molecule has 0 aliphatic carbocycles. The lowest BCUT2D eigenvalue weighted by atomic mass is 10.0. The van der Waals surface area contributed by atoms with Crippen molar-refractivity contribution < 1.29 is 24.3 Å². The molecular weight excluding hydrogens is 269 g/mol. The standard InChI is InChI=1S/C12H16NO5P/c13-11(12(14)15)7-10(8-19(16,17)18)6-9-4-2-1-3-5-9/h1-5,7,11H,6,8,13H2,(H,14,15)(H2,16,17,18)/b10-7+. The summed E-state index contributed by atoms with van der Waals surface area (Å²) >= 11 is 0. The summed E-state index contributed by atoms with van der Waals surface area (Å²) in [5.74, 6) is -1.24. The summed E-state index contributed by atoms with van der Waals surface area (Å²) in [6, 6.07) is 7.71. The molecule has 7 heteroatoms. The predicted octanol–water partition coefficient (Wildman–Crippen LogP) is 0.745. The first kappa shape index (κ1) is 15.6. The number of carbonyl (C=O) groups is 1. The van der Waals surface area contributed by atoms with Crippen LogP contribution in [0.25, 0.3) is 0 Å². The number of aliphatic carboxylic acids is 1. The van der Waals surface area contributed by atoms with Gasteiger partial charge in [0.25, 0.3) is 0 Å². The molecule has 0 amide bonds. The highest BCUT2D eigenvalue weighted by Gasteiger charge is 2.18. The van der Waals surface area contributed by atoms with E-state index in [-0.39, 0.29) is 6.42 Å². The number of nitrogens with two attached hydrogens (primary N) is 1. The largest absolute Gasteiger partial charge is 0.480 e. The lowest BCUT2D eigenvalue weighted by Crippen LogP contribution is -2.28. The second kappa shape index (κ2) is 6.63. The Morgan fingerprint density at radius 3 is 2.37 bits per heavy atom. The Hall–Kier alpha value is -1.46. The fourth-order valence-electron chi connectivity index (χ4n) is 1.62. The Morgan fingerprint density at radius 2 is 1.89 bits per heavy atom. The third kappa shape index (κ3) is 6.31. The van der Waals surface area contributed by atoms with Crippen molar-refractivity contribution in [1.29, 1.82) is 0 Å². The average molecular weight is 285 g/mol. The second-order valence-corrected chi connectivity index (χ2v) is 5.82. The maximum atomic E-state index is 11.0. The molecule has 0 aliphatic heterocycles. The number of hydrogen-bond donors (Lipinski definition) is 4. The van der Waals surface area contributed by atoms with Gasteiger partial charge in [0.2, 0.25) is 0 Å². The lowest BCUT2D eigenvalue weighted by molar-refractivity contribution is -0.137. The lowest BCUT2D eigenvalue weighted by Gasteiger charge is -2.11. The molecule has 1 atom stereocenters. The van der Waals surface area contributed by atoms with Crippen LogP contribution in [0.5, 0.6) is 0 Å². The van der Waals surface area contributed by atoms with Gasteiger partial charge in [-0.05, 0) is 12.0 Å². The van der Waals surface area contributed by atoms with Crippen molar-refractivity contribution in [1.82, 2.24) is 0 Å². The normalized spacial score (nSPS) is 14.2. The Labute approximate surface area is 110 Å². The van der Waals surface area contributed by atoms with Crippen molar-refractivity contribution in [3.63, 3.8) is 0 Å². The number of hydrogen-bond acceptors (Lipinski definition) is 3. The van der Waals surface area contributed by atoms with Gasteiger partial charge in [-0.1, -0.05) is 42.0 Å². The molecule has 0 saturated heterocycles. The van der Waals surface area contributed by atoms with Gasteiger partial charge in [-0.3, -0.25) is 9.36 Å². The molecule has 19 heavy (non-hydrogen) atoms. The number of carboxylic acids is 1. The van der Waals surface area contributed by atoms with E-state index >= 15 is 0 Å². The van der Waals surface area contributed by atoms with Gasteiger partial charge in [0.15, 0.2) is 0 Å². The summed E-state index contributed by atoms with van der Waals surface area (Å²) < 4.78 is 11.0. The van der Waals surface area contributed by atoms with Gasteiger partial charge < -0.3 is 20.6 Å². The van der Waals surface area contributed by atoms with E-state index in [0.717, 1.165) is 5.56 Å². The molecule has 0 heterocycles. The third-order valence-electron chi connectivity index (χ3n) is 2.38. The summed E-state index contributed by atoms with van der Waals surface area (Å²) in [6.07, 6.45) is 0.949. The van der Waals surface area contributed by atoms with Gasteiger partial charge in [0, 0.05) is 0 Å². The molecule has 0 radical (unpaired) electrons. The molecule has 104 valence electrons. The van der Waals surface area contributed by atoms with Crippen molar-refractivity contribution in [2.45, 2.75) is 12.5 Å². The van der Waals surface area contributed by atoms with Gasteiger partial charge in [0.1, 0.15) is 6.04 Å². The minimum atomic E-state index is -4.26.